The molecule has 1 heterocycles. The Morgan fingerprint density at radius 3 is 3.07 bits per heavy atom. The lowest BCUT2D eigenvalue weighted by Crippen LogP contribution is -1.73. The molecular formula is C4HN4O3S3+. The Bertz CT molecular complexity index is 391. The molecule has 0 bridgehead atoms. The highest BCUT2D eigenvalue weighted by molar-refractivity contribution is 8.05. The summed E-state index contributed by atoms with van der Waals surface area (Å²) in [5, 5.41) is 24.8. The van der Waals surface area contributed by atoms with E-state index in [-0.39, 0.29) is 5.13 Å². The maximum absolute atomic E-state index is 8.31. The van der Waals surface area contributed by atoms with Crippen molar-refractivity contribution in [2.75, 3.05) is 0 Å². The van der Waals surface area contributed by atoms with Gasteiger partial charge in [0.25, 0.3) is 0 Å². The normalized spacial score (nSPS) is 8.86. The van der Waals surface area contributed by atoms with Crippen LogP contribution in [-0.2, 0) is 9.37 Å². The Balaban J connectivity index is 2.37. The van der Waals surface area contributed by atoms with E-state index < -0.39 is 0 Å². The number of hydrogen-bond donors (Lipinski definition) is 1. The Hall–Kier alpha value is -0.880. The van der Waals surface area contributed by atoms with Crippen LogP contribution < -0.4 is 0 Å². The molecule has 0 saturated carbocycles. The van der Waals surface area contributed by atoms with Crippen molar-refractivity contribution in [2.24, 2.45) is 0 Å². The third-order valence-electron chi connectivity index (χ3n) is 0.772. The second-order valence-corrected chi connectivity index (χ2v) is 3.50. The monoisotopic (exact) mass is 249 g/mol. The molecule has 7 nitrogen and oxygen atoms in total. The first-order valence-electron chi connectivity index (χ1n) is 2.86. The molecule has 0 aromatic carbocycles. The van der Waals surface area contributed by atoms with Gasteiger partial charge in [-0.25, -0.2) is 5.26 Å². The maximum atomic E-state index is 8.31. The second kappa shape index (κ2) is 6.56. The van der Waals surface area contributed by atoms with E-state index in [9.17, 15) is 0 Å². The number of diazo groups is 1. The molecule has 14 heavy (non-hydrogen) atoms. The first-order chi connectivity index (χ1) is 6.86. The van der Waals surface area contributed by atoms with Crippen molar-refractivity contribution < 1.29 is 14.6 Å². The molecule has 10 heteroatoms. The molecule has 1 aromatic rings. The Labute approximate surface area is 90.7 Å². The summed E-state index contributed by atoms with van der Waals surface area (Å²) in [5.74, 6) is 0. The van der Waals surface area contributed by atoms with Crippen LogP contribution in [0.1, 0.15) is 0 Å². The lowest BCUT2D eigenvalue weighted by molar-refractivity contribution is -0.431. The van der Waals surface area contributed by atoms with Crippen LogP contribution in [0.4, 0.5) is 5.13 Å². The van der Waals surface area contributed by atoms with Gasteiger partial charge < -0.3 is 0 Å². The molecule has 1 rings (SSSR count). The van der Waals surface area contributed by atoms with Gasteiger partial charge in [0.1, 0.15) is 12.0 Å². The van der Waals surface area contributed by atoms with Crippen molar-refractivity contribution in [3.05, 3.63) is 4.98 Å². The molecule has 0 aliphatic heterocycles. The molecule has 0 spiro atoms. The molecule has 1 N–H and O–H groups in total. The van der Waals surface area contributed by atoms with Crippen molar-refractivity contribution in [1.82, 2.24) is 9.36 Å². The molecular weight excluding hydrogens is 248 g/mol. The molecule has 0 aliphatic rings. The summed E-state index contributed by atoms with van der Waals surface area (Å²) in [6, 6.07) is 0. The van der Waals surface area contributed by atoms with Crippen molar-refractivity contribution in [3.8, 4) is 10.5 Å². The first-order valence-corrected chi connectivity index (χ1v) is 5.19. The smallest absolute Gasteiger partial charge is 0.220 e. The topological polar surface area (TPSA) is 92.6 Å². The summed E-state index contributed by atoms with van der Waals surface area (Å²) in [6.07, 6.45) is 0. The molecule has 0 unspecified atom stereocenters. The van der Waals surface area contributed by atoms with E-state index in [1.54, 1.807) is 0 Å². The fourth-order valence-electron chi connectivity index (χ4n) is 0.400. The van der Waals surface area contributed by atoms with Gasteiger partial charge in [-0.05, 0) is 5.25 Å². The lowest BCUT2D eigenvalue weighted by Gasteiger charge is -1.81. The van der Waals surface area contributed by atoms with Crippen molar-refractivity contribution >= 4 is 40.5 Å². The minimum Gasteiger partial charge on any atom is -0.220 e. The van der Waals surface area contributed by atoms with Crippen LogP contribution in [0.5, 0.6) is 0 Å². The van der Waals surface area contributed by atoms with E-state index >= 15 is 0 Å². The number of hydrogen-bond acceptors (Lipinski definition) is 9. The fourth-order valence-corrected chi connectivity index (χ4v) is 1.67. The van der Waals surface area contributed by atoms with E-state index in [1.807, 2.05) is 0 Å². The van der Waals surface area contributed by atoms with E-state index in [2.05, 4.69) is 34.2 Å². The highest BCUT2D eigenvalue weighted by Gasteiger charge is 2.14. The maximum Gasteiger partial charge on any atom is 0.543 e. The summed E-state index contributed by atoms with van der Waals surface area (Å²) >= 11 is 2.58. The van der Waals surface area contributed by atoms with Gasteiger partial charge in [0.05, 0.1) is 16.9 Å². The number of nitrogens with zero attached hydrogens (tertiary/aromatic N) is 4. The van der Waals surface area contributed by atoms with Crippen LogP contribution in [0.15, 0.2) is 5.16 Å². The third-order valence-corrected chi connectivity index (χ3v) is 2.50. The van der Waals surface area contributed by atoms with E-state index in [4.69, 9.17) is 10.7 Å². The van der Waals surface area contributed by atoms with Gasteiger partial charge in [0, 0.05) is 27.0 Å². The van der Waals surface area contributed by atoms with Crippen molar-refractivity contribution in [2.45, 2.75) is 5.16 Å². The Morgan fingerprint density at radius 2 is 2.43 bits per heavy atom. The molecule has 1 aromatic heterocycles. The zero-order valence-corrected chi connectivity index (χ0v) is 8.73. The Morgan fingerprint density at radius 1 is 1.57 bits per heavy atom. The average Bonchev–Trinajstić information content (AvgIpc) is 2.65. The largest absolute Gasteiger partial charge is 0.543 e. The second-order valence-electron chi connectivity index (χ2n) is 1.49. The van der Waals surface area contributed by atoms with Gasteiger partial charge >= 0.3 is 10.3 Å². The summed E-state index contributed by atoms with van der Waals surface area (Å²) < 4.78 is 7.80. The number of aromatic nitrogens is 2. The zero-order valence-electron chi connectivity index (χ0n) is 6.28. The highest BCUT2D eigenvalue weighted by atomic mass is 32.2. The molecule has 0 radical (unpaired) electrons. The summed E-state index contributed by atoms with van der Waals surface area (Å²) in [4.78, 5) is 6.62. The predicted octanol–water partition coefficient (Wildman–Crippen LogP) is 2.10. The van der Waals surface area contributed by atoms with Gasteiger partial charge in [-0.2, -0.15) is 0 Å². The minimum atomic E-state index is 0.164. The molecule has 72 valence electrons. The van der Waals surface area contributed by atoms with E-state index in [0.717, 1.165) is 23.3 Å². The third kappa shape index (κ3) is 3.89. The molecule has 0 amide bonds. The average molecular weight is 249 g/mol. The van der Waals surface area contributed by atoms with Crippen LogP contribution in [0.2, 0.25) is 0 Å². The van der Waals surface area contributed by atoms with Gasteiger partial charge in [-0.3, -0.25) is 0 Å². The zero-order chi connectivity index (χ0) is 10.2. The van der Waals surface area contributed by atoms with Crippen LogP contribution in [0.3, 0.4) is 0 Å². The summed E-state index contributed by atoms with van der Waals surface area (Å²) in [7, 11) is 0. The minimum absolute atomic E-state index is 0.164. The van der Waals surface area contributed by atoms with Crippen LogP contribution >= 0.6 is 35.3 Å². The van der Waals surface area contributed by atoms with Crippen LogP contribution in [0, 0.1) is 15.9 Å². The van der Waals surface area contributed by atoms with Crippen LogP contribution in [0.25, 0.3) is 4.98 Å². The number of rotatable bonds is 3. The first kappa shape index (κ1) is 11.2. The molecule has 0 aliphatic carbocycles. The lowest BCUT2D eigenvalue weighted by atomic mass is 11.2. The molecule has 0 fully saturated rings. The van der Waals surface area contributed by atoms with Gasteiger partial charge in [0.2, 0.25) is 0 Å². The molecule has 0 atom stereocenters. The quantitative estimate of drug-likeness (QED) is 0.165. The van der Waals surface area contributed by atoms with Gasteiger partial charge in [0.15, 0.2) is 0 Å². The fraction of sp³-hybridized carbons (Fsp3) is 0. The summed E-state index contributed by atoms with van der Waals surface area (Å²) in [5.41, 5.74) is 0. The van der Waals surface area contributed by atoms with Gasteiger partial charge in [-0.15, -0.1) is 8.71 Å². The highest BCUT2D eigenvalue weighted by Crippen LogP contribution is 2.21. The standard InChI is InChI=1S/C4N4O3S3/c5-7-3-6-4(8-14-3)12-1-2-13-11-10-9/p+1. The van der Waals surface area contributed by atoms with E-state index in [1.165, 1.54) is 0 Å². The van der Waals surface area contributed by atoms with Crippen molar-refractivity contribution in [3.63, 3.8) is 0 Å². The Kier molecular flexibility index (Phi) is 5.24. The SMILES string of the molecule is N#[N+]c1nc(SC#CSOOO)ns1. The molecule has 0 saturated heterocycles. The summed E-state index contributed by atoms with van der Waals surface area (Å²) in [6.45, 7) is 0. The van der Waals surface area contributed by atoms with E-state index in [0.29, 0.717) is 17.2 Å². The van der Waals surface area contributed by atoms with Gasteiger partial charge in [-0.1, -0.05) is 5.04 Å². The van der Waals surface area contributed by atoms with Crippen LogP contribution in [-0.4, -0.2) is 14.6 Å². The van der Waals surface area contributed by atoms with Crippen molar-refractivity contribution in [1.29, 1.82) is 5.39 Å². The predicted molar refractivity (Wildman–Crippen MR) is 50.7 cm³/mol. The number of thioether (sulfide) groups is 1.